The van der Waals surface area contributed by atoms with Crippen LogP contribution in [0.15, 0.2) is 328 Å². The van der Waals surface area contributed by atoms with Crippen molar-refractivity contribution >= 4 is 43.6 Å². The Morgan fingerprint density at radius 1 is 0.204 bits per heavy atom. The SMILES string of the molecule is N#Cc1ccc(-c2cccc(-c3nc(-c4ccc(-n5c6ccc(-c7ccccc7)cc6c6cc(-c7ccccc7)ccc65)c(-c5cccc(C#N)c5)c4)nc(-c4ccc(-n5c6ccc(-c7ccccc7)cc6c6cc(-c7ccccc7)ccc65)c(-c5cccc(C#N)c5)c4)n3)c2)cc1. The molecular weight excluding hydrogens is 1190 g/mol. The van der Waals surface area contributed by atoms with E-state index in [0.29, 0.717) is 34.2 Å². The number of nitrogens with zero attached hydrogens (tertiary/aromatic N) is 8. The van der Waals surface area contributed by atoms with E-state index in [9.17, 15) is 15.8 Å². The largest absolute Gasteiger partial charge is 0.309 e. The number of rotatable bonds is 12. The first-order valence-electron chi connectivity index (χ1n) is 32.5. The minimum atomic E-state index is 0.434. The highest BCUT2D eigenvalue weighted by molar-refractivity contribution is 6.14. The molecule has 8 heteroatoms. The van der Waals surface area contributed by atoms with Crippen LogP contribution >= 0.6 is 0 Å². The molecule has 8 nitrogen and oxygen atoms in total. The van der Waals surface area contributed by atoms with Crippen LogP contribution in [0.2, 0.25) is 0 Å². The fourth-order valence-electron chi connectivity index (χ4n) is 13.9. The van der Waals surface area contributed by atoms with Gasteiger partial charge < -0.3 is 9.13 Å². The van der Waals surface area contributed by atoms with Crippen molar-refractivity contribution in [3.8, 4) is 142 Å². The van der Waals surface area contributed by atoms with Gasteiger partial charge in [-0.2, -0.15) is 15.8 Å². The highest BCUT2D eigenvalue weighted by Crippen LogP contribution is 2.44. The first-order chi connectivity index (χ1) is 48.4. The molecule has 0 bridgehead atoms. The summed E-state index contributed by atoms with van der Waals surface area (Å²) < 4.78 is 4.69. The standard InChI is InChI=1S/C90H54N8/c91-55-58-30-32-65(33-31-58)66-26-15-29-73(48-66)88-94-89(74-38-44-82(76(53-74)71-27-13-16-59(46-71)56-92)97-84-40-34-67(61-18-5-1-6-19-61)49-78(84)79-50-68(35-41-85(79)97)62-20-7-2-8-21-62)96-90(95-88)75-39-45-83(77(54-75)72-28-14-17-60(47-72)57-93)98-86-42-36-69(63-22-9-3-10-23-63)51-80(86)81-52-70(37-43-87(81)98)64-24-11-4-12-25-64/h1-54H. The Kier molecular flexibility index (Phi) is 14.5. The van der Waals surface area contributed by atoms with Crippen LogP contribution < -0.4 is 0 Å². The molecule has 0 saturated heterocycles. The average molecular weight is 1250 g/mol. The quantitative estimate of drug-likeness (QED) is 0.120. The Morgan fingerprint density at radius 3 is 0.837 bits per heavy atom. The van der Waals surface area contributed by atoms with Gasteiger partial charge in [-0.15, -0.1) is 0 Å². The van der Waals surface area contributed by atoms with E-state index in [2.05, 4.69) is 252 Å². The lowest BCUT2D eigenvalue weighted by Crippen LogP contribution is -2.03. The maximum Gasteiger partial charge on any atom is 0.164 e. The topological polar surface area (TPSA) is 120 Å². The van der Waals surface area contributed by atoms with Crippen LogP contribution in [0.25, 0.3) is 167 Å². The van der Waals surface area contributed by atoms with Gasteiger partial charge in [-0.3, -0.25) is 0 Å². The highest BCUT2D eigenvalue weighted by Gasteiger charge is 2.24. The van der Waals surface area contributed by atoms with Crippen LogP contribution in [0.5, 0.6) is 0 Å². The van der Waals surface area contributed by atoms with Crippen LogP contribution in [-0.4, -0.2) is 24.1 Å². The maximum absolute atomic E-state index is 10.5. The molecule has 0 saturated carbocycles. The maximum atomic E-state index is 10.5. The molecule has 98 heavy (non-hydrogen) atoms. The molecule has 454 valence electrons. The molecule has 3 aromatic heterocycles. The molecule has 0 aliphatic rings. The zero-order valence-corrected chi connectivity index (χ0v) is 52.8. The van der Waals surface area contributed by atoms with E-state index in [1.807, 2.05) is 103 Å². The predicted octanol–water partition coefficient (Wildman–Crippen LogP) is 22.4. The van der Waals surface area contributed by atoms with Gasteiger partial charge in [-0.1, -0.05) is 200 Å². The van der Waals surface area contributed by atoms with E-state index in [0.717, 1.165) is 150 Å². The van der Waals surface area contributed by atoms with E-state index in [-0.39, 0.29) is 0 Å². The van der Waals surface area contributed by atoms with Crippen LogP contribution in [0.3, 0.4) is 0 Å². The molecular formula is C90H54N8. The molecule has 17 rings (SSSR count). The van der Waals surface area contributed by atoms with Crippen molar-refractivity contribution in [1.29, 1.82) is 15.8 Å². The minimum Gasteiger partial charge on any atom is -0.309 e. The van der Waals surface area contributed by atoms with E-state index in [1.165, 1.54) is 0 Å². The van der Waals surface area contributed by atoms with Crippen molar-refractivity contribution < 1.29 is 0 Å². The Balaban J connectivity index is 0.888. The van der Waals surface area contributed by atoms with Crippen molar-refractivity contribution in [2.45, 2.75) is 0 Å². The third kappa shape index (κ3) is 10.6. The summed E-state index contributed by atoms with van der Waals surface area (Å²) in [5.74, 6) is 1.32. The van der Waals surface area contributed by atoms with E-state index in [4.69, 9.17) is 15.0 Å². The Morgan fingerprint density at radius 2 is 0.480 bits per heavy atom. The summed E-state index contributed by atoms with van der Waals surface area (Å²) in [6, 6.07) is 120. The second-order valence-electron chi connectivity index (χ2n) is 24.5. The van der Waals surface area contributed by atoms with Crippen LogP contribution in [-0.2, 0) is 0 Å². The lowest BCUT2D eigenvalue weighted by molar-refractivity contribution is 1.07. The Bertz CT molecular complexity index is 5610. The zero-order valence-electron chi connectivity index (χ0n) is 52.8. The first kappa shape index (κ1) is 58.0. The van der Waals surface area contributed by atoms with Gasteiger partial charge >= 0.3 is 0 Å². The molecule has 14 aromatic carbocycles. The van der Waals surface area contributed by atoms with Gasteiger partial charge in [0, 0.05) is 49.4 Å². The van der Waals surface area contributed by atoms with Crippen molar-refractivity contribution in [3.63, 3.8) is 0 Å². The summed E-state index contributed by atoms with van der Waals surface area (Å²) in [6.07, 6.45) is 0. The molecule has 3 heterocycles. The number of nitriles is 3. The van der Waals surface area contributed by atoms with Gasteiger partial charge in [0.2, 0.25) is 0 Å². The van der Waals surface area contributed by atoms with Gasteiger partial charge in [-0.05, 0) is 194 Å². The second kappa shape index (κ2) is 24.6. The predicted molar refractivity (Wildman–Crippen MR) is 397 cm³/mol. The molecule has 0 amide bonds. The minimum absolute atomic E-state index is 0.434. The van der Waals surface area contributed by atoms with Crippen LogP contribution in [0, 0.1) is 34.0 Å². The number of hydrogen-bond donors (Lipinski definition) is 0. The van der Waals surface area contributed by atoms with Crippen molar-refractivity contribution in [2.75, 3.05) is 0 Å². The summed E-state index contributed by atoms with van der Waals surface area (Å²) >= 11 is 0. The Labute approximate surface area is 566 Å². The third-order valence-corrected chi connectivity index (χ3v) is 18.7. The molecule has 0 atom stereocenters. The second-order valence-corrected chi connectivity index (χ2v) is 24.5. The summed E-state index contributed by atoms with van der Waals surface area (Å²) in [5, 5.41) is 35.1. The lowest BCUT2D eigenvalue weighted by Gasteiger charge is -2.17. The van der Waals surface area contributed by atoms with Gasteiger partial charge in [0.25, 0.3) is 0 Å². The van der Waals surface area contributed by atoms with E-state index >= 15 is 0 Å². The number of benzene rings is 14. The van der Waals surface area contributed by atoms with Crippen molar-refractivity contribution in [1.82, 2.24) is 24.1 Å². The van der Waals surface area contributed by atoms with Crippen LogP contribution in [0.4, 0.5) is 0 Å². The number of fused-ring (bicyclic) bond motifs is 6. The normalized spacial score (nSPS) is 11.2. The molecule has 17 aromatic rings. The molecule has 0 unspecified atom stereocenters. The van der Waals surface area contributed by atoms with Gasteiger partial charge in [0.1, 0.15) is 0 Å². The molecule has 0 N–H and O–H groups in total. The fourth-order valence-corrected chi connectivity index (χ4v) is 13.9. The lowest BCUT2D eigenvalue weighted by atomic mass is 9.97. The highest BCUT2D eigenvalue weighted by atomic mass is 15.0. The van der Waals surface area contributed by atoms with Gasteiger partial charge in [-0.25, -0.2) is 15.0 Å². The van der Waals surface area contributed by atoms with E-state index < -0.39 is 0 Å². The molecule has 0 aliphatic heterocycles. The van der Waals surface area contributed by atoms with Gasteiger partial charge in [0.15, 0.2) is 17.5 Å². The summed E-state index contributed by atoms with van der Waals surface area (Å²) in [7, 11) is 0. The average Bonchev–Trinajstić information content (AvgIpc) is 1.57. The molecule has 0 fully saturated rings. The summed E-state index contributed by atoms with van der Waals surface area (Å²) in [5.41, 5.74) is 24.0. The van der Waals surface area contributed by atoms with E-state index in [1.54, 1.807) is 0 Å². The molecule has 0 aliphatic carbocycles. The number of hydrogen-bond acceptors (Lipinski definition) is 6. The fraction of sp³-hybridized carbons (Fsp3) is 0. The Hall–Kier alpha value is -13.8. The number of aromatic nitrogens is 5. The first-order valence-corrected chi connectivity index (χ1v) is 32.5. The summed E-state index contributed by atoms with van der Waals surface area (Å²) in [4.78, 5) is 16.3. The summed E-state index contributed by atoms with van der Waals surface area (Å²) in [6.45, 7) is 0. The monoisotopic (exact) mass is 1250 g/mol. The van der Waals surface area contributed by atoms with Crippen molar-refractivity contribution in [2.24, 2.45) is 0 Å². The zero-order chi connectivity index (χ0) is 65.6. The molecule has 0 spiro atoms. The van der Waals surface area contributed by atoms with Crippen LogP contribution in [0.1, 0.15) is 16.7 Å². The van der Waals surface area contributed by atoms with Gasteiger partial charge in [0.05, 0.1) is 68.3 Å². The molecule has 0 radical (unpaired) electrons. The third-order valence-electron chi connectivity index (χ3n) is 18.7. The van der Waals surface area contributed by atoms with Crippen molar-refractivity contribution in [3.05, 3.63) is 344 Å². The smallest absolute Gasteiger partial charge is 0.164 e.